The first-order valence-corrected chi connectivity index (χ1v) is 6.00. The molecule has 0 fully saturated rings. The molecule has 3 nitrogen and oxygen atoms in total. The Balaban J connectivity index is 2.52. The lowest BCUT2D eigenvalue weighted by Crippen LogP contribution is -2.06. The largest absolute Gasteiger partial charge is 0.417 e. The summed E-state index contributed by atoms with van der Waals surface area (Å²) < 4.78 is 62.7. The maximum Gasteiger partial charge on any atom is 0.417 e. The highest BCUT2D eigenvalue weighted by Crippen LogP contribution is 2.33. The summed E-state index contributed by atoms with van der Waals surface area (Å²) in [6.07, 6.45) is -7.04. The van der Waals surface area contributed by atoms with Crippen molar-refractivity contribution in [3.05, 3.63) is 39.8 Å². The van der Waals surface area contributed by atoms with E-state index in [-0.39, 0.29) is 16.7 Å². The molecule has 0 bridgehead atoms. The lowest BCUT2D eigenvalue weighted by molar-refractivity contribution is -0.137. The Morgan fingerprint density at radius 2 is 1.71 bits per heavy atom. The summed E-state index contributed by atoms with van der Waals surface area (Å²) in [5.74, 6) is -0.378. The molecule has 0 N–H and O–H groups in total. The Morgan fingerprint density at radius 1 is 1.05 bits per heavy atom. The van der Waals surface area contributed by atoms with Crippen LogP contribution in [0.4, 0.5) is 22.0 Å². The van der Waals surface area contributed by atoms with Crippen molar-refractivity contribution in [1.29, 1.82) is 0 Å². The average Bonchev–Trinajstić information content (AvgIpc) is 2.36. The minimum atomic E-state index is -4.63. The second-order valence-corrected chi connectivity index (χ2v) is 4.59. The summed E-state index contributed by atoms with van der Waals surface area (Å²) in [5.41, 5.74) is -2.02. The molecule has 0 radical (unpaired) electrons. The van der Waals surface area contributed by atoms with E-state index in [4.69, 9.17) is 23.2 Å². The van der Waals surface area contributed by atoms with E-state index in [0.717, 1.165) is 6.07 Å². The lowest BCUT2D eigenvalue weighted by Gasteiger charge is -2.09. The SMILES string of the molecule is FC(F)c1cc(Cl)nc(-c2ncc(C(F)(F)F)cc2Cl)n1. The smallest absolute Gasteiger partial charge is 0.251 e. The van der Waals surface area contributed by atoms with Gasteiger partial charge in [0.05, 0.1) is 10.6 Å². The number of hydrogen-bond donors (Lipinski definition) is 0. The van der Waals surface area contributed by atoms with E-state index in [1.54, 1.807) is 0 Å². The number of alkyl halides is 5. The Labute approximate surface area is 124 Å². The third kappa shape index (κ3) is 3.56. The average molecular weight is 344 g/mol. The zero-order valence-corrected chi connectivity index (χ0v) is 11.3. The molecule has 21 heavy (non-hydrogen) atoms. The minimum absolute atomic E-state index is 0.269. The van der Waals surface area contributed by atoms with Gasteiger partial charge in [-0.1, -0.05) is 23.2 Å². The predicted molar refractivity (Wildman–Crippen MR) is 65.2 cm³/mol. The van der Waals surface area contributed by atoms with E-state index in [1.807, 2.05) is 0 Å². The molecule has 2 heterocycles. The van der Waals surface area contributed by atoms with E-state index >= 15 is 0 Å². The topological polar surface area (TPSA) is 38.7 Å². The fourth-order valence-electron chi connectivity index (χ4n) is 1.41. The fourth-order valence-corrected chi connectivity index (χ4v) is 1.85. The molecule has 2 aromatic heterocycles. The minimum Gasteiger partial charge on any atom is -0.251 e. The van der Waals surface area contributed by atoms with Gasteiger partial charge in [-0.2, -0.15) is 13.2 Å². The molecule has 0 aromatic carbocycles. The van der Waals surface area contributed by atoms with Crippen LogP contribution in [0.1, 0.15) is 17.7 Å². The molecule has 0 saturated heterocycles. The summed E-state index contributed by atoms with van der Waals surface area (Å²) >= 11 is 11.2. The van der Waals surface area contributed by atoms with Gasteiger partial charge < -0.3 is 0 Å². The summed E-state index contributed by atoms with van der Waals surface area (Å²) in [7, 11) is 0. The predicted octanol–water partition coefficient (Wildman–Crippen LogP) is 4.80. The Kier molecular flexibility index (Phi) is 4.29. The maximum atomic E-state index is 12.6. The first-order valence-electron chi connectivity index (χ1n) is 5.24. The Bertz CT molecular complexity index is 675. The van der Waals surface area contributed by atoms with Crippen LogP contribution in [0.15, 0.2) is 18.3 Å². The maximum absolute atomic E-state index is 12.6. The van der Waals surface area contributed by atoms with Crippen LogP contribution in [-0.2, 0) is 6.18 Å². The van der Waals surface area contributed by atoms with Crippen LogP contribution in [0, 0.1) is 0 Å². The number of aromatic nitrogens is 3. The molecule has 2 aromatic rings. The van der Waals surface area contributed by atoms with Gasteiger partial charge in [0.15, 0.2) is 5.82 Å². The van der Waals surface area contributed by atoms with Crippen molar-refractivity contribution < 1.29 is 22.0 Å². The van der Waals surface area contributed by atoms with Crippen molar-refractivity contribution in [2.45, 2.75) is 12.6 Å². The van der Waals surface area contributed by atoms with Crippen molar-refractivity contribution in [2.75, 3.05) is 0 Å². The first-order chi connectivity index (χ1) is 9.68. The van der Waals surface area contributed by atoms with Gasteiger partial charge in [-0.05, 0) is 6.07 Å². The highest BCUT2D eigenvalue weighted by atomic mass is 35.5. The van der Waals surface area contributed by atoms with Crippen LogP contribution in [0.2, 0.25) is 10.2 Å². The standard InChI is InChI=1S/C11H4Cl2F5N3/c12-5-1-4(11(16,17)18)3-19-8(5)10-20-6(9(14)15)2-7(13)21-10/h1-3,9H. The van der Waals surface area contributed by atoms with Gasteiger partial charge in [0.1, 0.15) is 16.5 Å². The van der Waals surface area contributed by atoms with E-state index in [0.29, 0.717) is 12.3 Å². The summed E-state index contributed by atoms with van der Waals surface area (Å²) in [4.78, 5) is 10.6. The monoisotopic (exact) mass is 343 g/mol. The van der Waals surface area contributed by atoms with Crippen molar-refractivity contribution in [2.24, 2.45) is 0 Å². The normalized spacial score (nSPS) is 12.0. The highest BCUT2D eigenvalue weighted by molar-refractivity contribution is 6.33. The van der Waals surface area contributed by atoms with Crippen LogP contribution in [0.25, 0.3) is 11.5 Å². The second kappa shape index (κ2) is 5.69. The number of halogens is 7. The third-order valence-electron chi connectivity index (χ3n) is 2.32. The van der Waals surface area contributed by atoms with Crippen molar-refractivity contribution >= 4 is 23.2 Å². The molecule has 0 unspecified atom stereocenters. The summed E-state index contributed by atoms with van der Waals surface area (Å²) in [6, 6.07) is 1.45. The second-order valence-electron chi connectivity index (χ2n) is 3.79. The third-order valence-corrected chi connectivity index (χ3v) is 2.80. The molecule has 0 spiro atoms. The lowest BCUT2D eigenvalue weighted by atomic mass is 10.2. The molecule has 0 aliphatic carbocycles. The van der Waals surface area contributed by atoms with Gasteiger partial charge in [-0.15, -0.1) is 0 Å². The quantitative estimate of drug-likeness (QED) is 0.580. The number of hydrogen-bond acceptors (Lipinski definition) is 3. The van der Waals surface area contributed by atoms with Crippen LogP contribution in [0.5, 0.6) is 0 Å². The van der Waals surface area contributed by atoms with E-state index < -0.39 is 28.9 Å². The molecular formula is C11H4Cl2F5N3. The van der Waals surface area contributed by atoms with E-state index in [9.17, 15) is 22.0 Å². The van der Waals surface area contributed by atoms with Crippen molar-refractivity contribution in [3.8, 4) is 11.5 Å². The van der Waals surface area contributed by atoms with Gasteiger partial charge in [-0.3, -0.25) is 4.98 Å². The number of pyridine rings is 1. The van der Waals surface area contributed by atoms with Crippen LogP contribution >= 0.6 is 23.2 Å². The number of rotatable bonds is 2. The molecule has 0 atom stereocenters. The van der Waals surface area contributed by atoms with Crippen LogP contribution in [0.3, 0.4) is 0 Å². The van der Waals surface area contributed by atoms with Gasteiger partial charge in [-0.25, -0.2) is 18.7 Å². The zero-order chi connectivity index (χ0) is 15.8. The van der Waals surface area contributed by atoms with Crippen molar-refractivity contribution in [3.63, 3.8) is 0 Å². The van der Waals surface area contributed by atoms with Crippen LogP contribution < -0.4 is 0 Å². The Morgan fingerprint density at radius 3 is 2.24 bits per heavy atom. The summed E-state index contributed by atoms with van der Waals surface area (Å²) in [5, 5.41) is -0.722. The van der Waals surface area contributed by atoms with Gasteiger partial charge in [0.25, 0.3) is 6.43 Å². The molecule has 0 saturated carbocycles. The highest BCUT2D eigenvalue weighted by Gasteiger charge is 2.32. The summed E-state index contributed by atoms with van der Waals surface area (Å²) in [6.45, 7) is 0. The van der Waals surface area contributed by atoms with Crippen LogP contribution in [-0.4, -0.2) is 15.0 Å². The molecule has 112 valence electrons. The molecule has 0 aliphatic rings. The van der Waals surface area contributed by atoms with Crippen molar-refractivity contribution in [1.82, 2.24) is 15.0 Å². The fraction of sp³-hybridized carbons (Fsp3) is 0.182. The molecular weight excluding hydrogens is 340 g/mol. The molecule has 0 amide bonds. The molecule has 10 heteroatoms. The zero-order valence-electron chi connectivity index (χ0n) is 9.80. The van der Waals surface area contributed by atoms with Gasteiger partial charge in [0, 0.05) is 12.3 Å². The van der Waals surface area contributed by atoms with Gasteiger partial charge >= 0.3 is 6.18 Å². The molecule has 0 aliphatic heterocycles. The Hall–Kier alpha value is -1.54. The van der Waals surface area contributed by atoms with Gasteiger partial charge in [0.2, 0.25) is 0 Å². The number of nitrogens with zero attached hydrogens (tertiary/aromatic N) is 3. The first kappa shape index (κ1) is 15.8. The molecule has 2 rings (SSSR count). The van der Waals surface area contributed by atoms with E-state index in [1.165, 1.54) is 0 Å². The van der Waals surface area contributed by atoms with E-state index in [2.05, 4.69) is 15.0 Å².